The Morgan fingerprint density at radius 1 is 0.900 bits per heavy atom. The minimum atomic E-state index is -0.347. The highest BCUT2D eigenvalue weighted by atomic mass is 32.2. The molecule has 0 spiro atoms. The summed E-state index contributed by atoms with van der Waals surface area (Å²) in [5, 5.41) is 0.705. The van der Waals surface area contributed by atoms with Gasteiger partial charge in [-0.3, -0.25) is 0 Å². The summed E-state index contributed by atoms with van der Waals surface area (Å²) in [6.07, 6.45) is 4.46. The molecular weight excluding hydrogens is 457 g/mol. The van der Waals surface area contributed by atoms with Gasteiger partial charge in [-0.2, -0.15) is 0 Å². The van der Waals surface area contributed by atoms with Crippen LogP contribution < -0.4 is 0 Å². The van der Waals surface area contributed by atoms with Crippen LogP contribution in [0.3, 0.4) is 0 Å². The van der Waals surface area contributed by atoms with E-state index in [1.54, 1.807) is 0 Å². The fourth-order valence-corrected chi connectivity index (χ4v) is 9.68. The summed E-state index contributed by atoms with van der Waals surface area (Å²) in [6.45, 7) is 7.78. The van der Waals surface area contributed by atoms with Gasteiger partial charge in [0.05, 0.1) is 9.16 Å². The standard InChI is InChI=1S/C22H26O4S4/c1-3-19(23)25-11-17-13-27-21(29-17)9-15-6-5-7-16(8-15)10-22-28-14-18(30-22)12-26-20(24)4-2/h3-8,17-18,21-22H,1-2,9-14H2. The Morgan fingerprint density at radius 3 is 1.80 bits per heavy atom. The summed E-state index contributed by atoms with van der Waals surface area (Å²) in [6, 6.07) is 8.86. The largest absolute Gasteiger partial charge is 0.461 e. The van der Waals surface area contributed by atoms with Gasteiger partial charge in [-0.1, -0.05) is 37.4 Å². The summed E-state index contributed by atoms with van der Waals surface area (Å²) >= 11 is 7.69. The molecule has 4 unspecified atom stereocenters. The fourth-order valence-electron chi connectivity index (χ4n) is 3.14. The zero-order chi connectivity index (χ0) is 21.3. The fraction of sp³-hybridized carbons (Fsp3) is 0.455. The Balaban J connectivity index is 1.43. The van der Waals surface area contributed by atoms with Crippen molar-refractivity contribution >= 4 is 59.0 Å². The van der Waals surface area contributed by atoms with Gasteiger partial charge in [0.2, 0.25) is 0 Å². The van der Waals surface area contributed by atoms with Gasteiger partial charge in [0.25, 0.3) is 0 Å². The summed E-state index contributed by atoms with van der Waals surface area (Å²) in [4.78, 5) is 22.5. The van der Waals surface area contributed by atoms with E-state index >= 15 is 0 Å². The highest BCUT2D eigenvalue weighted by Crippen LogP contribution is 2.41. The van der Waals surface area contributed by atoms with Crippen molar-refractivity contribution in [2.75, 3.05) is 24.7 Å². The van der Waals surface area contributed by atoms with Crippen molar-refractivity contribution in [2.45, 2.75) is 32.5 Å². The van der Waals surface area contributed by atoms with E-state index in [2.05, 4.69) is 37.4 Å². The molecule has 2 saturated heterocycles. The Bertz CT molecular complexity index is 710. The molecule has 1 aromatic carbocycles. The van der Waals surface area contributed by atoms with E-state index in [1.807, 2.05) is 47.0 Å². The van der Waals surface area contributed by atoms with Gasteiger partial charge in [0.1, 0.15) is 13.2 Å². The first kappa shape index (κ1) is 23.7. The quantitative estimate of drug-likeness (QED) is 0.355. The molecule has 162 valence electrons. The van der Waals surface area contributed by atoms with Crippen LogP contribution in [-0.4, -0.2) is 56.3 Å². The van der Waals surface area contributed by atoms with Gasteiger partial charge in [0, 0.05) is 34.2 Å². The van der Waals surface area contributed by atoms with E-state index in [9.17, 15) is 9.59 Å². The van der Waals surface area contributed by atoms with Crippen LogP contribution in [0.5, 0.6) is 0 Å². The van der Waals surface area contributed by atoms with Crippen molar-refractivity contribution in [3.8, 4) is 0 Å². The minimum absolute atomic E-state index is 0.347. The Kier molecular flexibility index (Phi) is 9.62. The van der Waals surface area contributed by atoms with Crippen molar-refractivity contribution in [2.24, 2.45) is 0 Å². The van der Waals surface area contributed by atoms with Crippen LogP contribution in [0.15, 0.2) is 49.6 Å². The van der Waals surface area contributed by atoms with Crippen LogP contribution in [0, 0.1) is 0 Å². The molecule has 4 nitrogen and oxygen atoms in total. The van der Waals surface area contributed by atoms with E-state index in [-0.39, 0.29) is 11.9 Å². The molecule has 0 aliphatic carbocycles. The average molecular weight is 483 g/mol. The molecule has 0 N–H and O–H groups in total. The van der Waals surface area contributed by atoms with Crippen LogP contribution in [0.4, 0.5) is 0 Å². The first-order chi connectivity index (χ1) is 14.6. The maximum atomic E-state index is 11.2. The van der Waals surface area contributed by atoms with Crippen molar-refractivity contribution in [1.29, 1.82) is 0 Å². The predicted octanol–water partition coefficient (Wildman–Crippen LogP) is 4.58. The smallest absolute Gasteiger partial charge is 0.330 e. The molecule has 2 fully saturated rings. The van der Waals surface area contributed by atoms with E-state index in [0.29, 0.717) is 32.9 Å². The molecule has 0 saturated carbocycles. The third-order valence-corrected chi connectivity index (χ3v) is 11.1. The van der Waals surface area contributed by atoms with Crippen LogP contribution in [-0.2, 0) is 31.9 Å². The summed E-state index contributed by atoms with van der Waals surface area (Å²) in [5.41, 5.74) is 2.70. The molecule has 2 aliphatic heterocycles. The Labute approximate surface area is 195 Å². The van der Waals surface area contributed by atoms with E-state index < -0.39 is 0 Å². The SMILES string of the molecule is C=CC(=O)OCC1CSC(Cc2cccc(CC3SCC(COC(=O)C=C)S3)c2)S1. The van der Waals surface area contributed by atoms with Gasteiger partial charge >= 0.3 is 11.9 Å². The lowest BCUT2D eigenvalue weighted by atomic mass is 10.1. The van der Waals surface area contributed by atoms with Gasteiger partial charge in [-0.25, -0.2) is 9.59 Å². The molecule has 0 amide bonds. The lowest BCUT2D eigenvalue weighted by Gasteiger charge is -2.13. The van der Waals surface area contributed by atoms with Crippen LogP contribution in [0.1, 0.15) is 11.1 Å². The van der Waals surface area contributed by atoms with Gasteiger partial charge in [-0.05, 0) is 24.0 Å². The molecule has 30 heavy (non-hydrogen) atoms. The van der Waals surface area contributed by atoms with E-state index in [1.165, 1.54) is 23.3 Å². The van der Waals surface area contributed by atoms with Crippen LogP contribution in [0.2, 0.25) is 0 Å². The lowest BCUT2D eigenvalue weighted by Crippen LogP contribution is -2.14. The number of rotatable bonds is 10. The topological polar surface area (TPSA) is 52.6 Å². The molecule has 0 bridgehead atoms. The predicted molar refractivity (Wildman–Crippen MR) is 131 cm³/mol. The molecule has 2 heterocycles. The second-order valence-corrected chi connectivity index (χ2v) is 13.0. The average Bonchev–Trinajstić information content (AvgIpc) is 3.39. The third-order valence-electron chi connectivity index (χ3n) is 4.58. The molecule has 0 aromatic heterocycles. The number of esters is 2. The van der Waals surface area contributed by atoms with Gasteiger partial charge < -0.3 is 9.47 Å². The first-order valence-electron chi connectivity index (χ1n) is 9.76. The molecule has 0 radical (unpaired) electrons. The first-order valence-corrected chi connectivity index (χ1v) is 13.7. The summed E-state index contributed by atoms with van der Waals surface area (Å²) in [7, 11) is 0. The molecule has 1 aromatic rings. The number of hydrogen-bond donors (Lipinski definition) is 0. The number of hydrogen-bond acceptors (Lipinski definition) is 8. The molecule has 2 aliphatic rings. The second kappa shape index (κ2) is 12.2. The van der Waals surface area contributed by atoms with Gasteiger partial charge in [0.15, 0.2) is 0 Å². The van der Waals surface area contributed by atoms with Crippen molar-refractivity contribution < 1.29 is 19.1 Å². The number of benzene rings is 1. The van der Waals surface area contributed by atoms with Crippen LogP contribution in [0.25, 0.3) is 0 Å². The van der Waals surface area contributed by atoms with Gasteiger partial charge in [-0.15, -0.1) is 47.0 Å². The number of ether oxygens (including phenoxy) is 2. The second-order valence-electron chi connectivity index (χ2n) is 6.94. The lowest BCUT2D eigenvalue weighted by molar-refractivity contribution is -0.138. The Hall–Kier alpha value is -0.960. The van der Waals surface area contributed by atoms with Crippen molar-refractivity contribution in [3.63, 3.8) is 0 Å². The highest BCUT2D eigenvalue weighted by Gasteiger charge is 2.28. The third kappa shape index (κ3) is 7.62. The molecule has 8 heteroatoms. The summed E-state index contributed by atoms with van der Waals surface area (Å²) in [5.74, 6) is 1.32. The maximum absolute atomic E-state index is 11.2. The van der Waals surface area contributed by atoms with Crippen molar-refractivity contribution in [3.05, 3.63) is 60.7 Å². The summed E-state index contributed by atoms with van der Waals surface area (Å²) < 4.78 is 11.4. The maximum Gasteiger partial charge on any atom is 0.330 e. The van der Waals surface area contributed by atoms with E-state index in [4.69, 9.17) is 9.47 Å². The minimum Gasteiger partial charge on any atom is -0.461 e. The highest BCUT2D eigenvalue weighted by molar-refractivity contribution is 8.20. The van der Waals surface area contributed by atoms with Crippen molar-refractivity contribution in [1.82, 2.24) is 0 Å². The number of carbonyl (C=O) groups excluding carboxylic acids is 2. The zero-order valence-corrected chi connectivity index (χ0v) is 20.0. The van der Waals surface area contributed by atoms with Crippen LogP contribution >= 0.6 is 47.0 Å². The van der Waals surface area contributed by atoms with E-state index in [0.717, 1.165) is 24.3 Å². The molecular formula is C22H26O4S4. The Morgan fingerprint density at radius 2 is 1.37 bits per heavy atom. The zero-order valence-electron chi connectivity index (χ0n) is 16.7. The molecule has 4 atom stereocenters. The number of thioether (sulfide) groups is 4. The number of carbonyl (C=O) groups is 2. The normalized spacial score (nSPS) is 25.6. The molecule has 3 rings (SSSR count). The monoisotopic (exact) mass is 482 g/mol.